The first-order valence-corrected chi connectivity index (χ1v) is 7.20. The van der Waals surface area contributed by atoms with Gasteiger partial charge in [-0.25, -0.2) is 0 Å². The second-order valence-corrected chi connectivity index (χ2v) is 5.41. The lowest BCUT2D eigenvalue weighted by Crippen LogP contribution is -3.12. The van der Waals surface area contributed by atoms with E-state index in [1.807, 2.05) is 24.3 Å². The number of anilines is 2. The number of piperazine rings is 1. The number of benzene rings is 1. The Morgan fingerprint density at radius 3 is 2.38 bits per heavy atom. The third kappa shape index (κ3) is 4.75. The number of carbonyl (C=O) groups is 2. The van der Waals surface area contributed by atoms with Gasteiger partial charge in [0.1, 0.15) is 0 Å². The fourth-order valence-electron chi connectivity index (χ4n) is 2.34. The molecule has 114 valence electrons. The normalized spacial score (nSPS) is 15.8. The summed E-state index contributed by atoms with van der Waals surface area (Å²) >= 11 is 0. The number of hydrogen-bond donors (Lipinski definition) is 2. The Kier molecular flexibility index (Phi) is 5.16. The Hall–Kier alpha value is -2.08. The molecule has 1 heterocycles. The van der Waals surface area contributed by atoms with Gasteiger partial charge in [-0.1, -0.05) is 0 Å². The minimum absolute atomic E-state index is 0.0642. The van der Waals surface area contributed by atoms with Crippen LogP contribution in [0.5, 0.6) is 0 Å². The van der Waals surface area contributed by atoms with Crippen LogP contribution in [0.4, 0.5) is 11.4 Å². The maximum Gasteiger partial charge on any atom is 0.224 e. The van der Waals surface area contributed by atoms with Crippen LogP contribution in [0.25, 0.3) is 0 Å². The fourth-order valence-corrected chi connectivity index (χ4v) is 2.34. The van der Waals surface area contributed by atoms with Gasteiger partial charge in [0.2, 0.25) is 5.91 Å². The Labute approximate surface area is 124 Å². The maximum atomic E-state index is 11.5. The van der Waals surface area contributed by atoms with E-state index < -0.39 is 5.97 Å². The molecule has 2 N–H and O–H groups in total. The highest BCUT2D eigenvalue weighted by Crippen LogP contribution is 2.18. The van der Waals surface area contributed by atoms with Crippen molar-refractivity contribution >= 4 is 23.3 Å². The Bertz CT molecular complexity index is 493. The molecule has 0 spiro atoms. The molecule has 1 aromatic carbocycles. The smallest absolute Gasteiger partial charge is 0.224 e. The second kappa shape index (κ2) is 7.08. The van der Waals surface area contributed by atoms with Gasteiger partial charge >= 0.3 is 0 Å². The van der Waals surface area contributed by atoms with E-state index >= 15 is 0 Å². The molecule has 0 saturated carbocycles. The van der Waals surface area contributed by atoms with Gasteiger partial charge in [0.05, 0.1) is 33.2 Å². The van der Waals surface area contributed by atoms with Crippen molar-refractivity contribution in [1.82, 2.24) is 0 Å². The quantitative estimate of drug-likeness (QED) is 0.691. The standard InChI is InChI=1S/C15H21N3O3/c1-17-8-10-18(11-9-17)13-4-2-12(3-5-13)16-14(19)6-7-15(20)21/h2-5H,6-11H2,1H3,(H,16,19)(H,20,21). The zero-order valence-corrected chi connectivity index (χ0v) is 12.2. The van der Waals surface area contributed by atoms with Crippen molar-refractivity contribution in [3.63, 3.8) is 0 Å². The summed E-state index contributed by atoms with van der Waals surface area (Å²) in [5.74, 6) is -1.52. The van der Waals surface area contributed by atoms with Crippen LogP contribution in [0.1, 0.15) is 12.8 Å². The number of likely N-dealkylation sites (N-methyl/N-ethyl adjacent to an activating group) is 1. The average Bonchev–Trinajstić information content (AvgIpc) is 2.47. The Balaban J connectivity index is 1.87. The molecule has 6 nitrogen and oxygen atoms in total. The summed E-state index contributed by atoms with van der Waals surface area (Å²) in [5, 5.41) is 13.0. The number of nitrogens with one attached hydrogen (secondary N) is 2. The fraction of sp³-hybridized carbons (Fsp3) is 0.467. The first kappa shape index (κ1) is 15.3. The highest BCUT2D eigenvalue weighted by molar-refractivity contribution is 5.92. The minimum atomic E-state index is -1.21. The first-order valence-electron chi connectivity index (χ1n) is 7.20. The van der Waals surface area contributed by atoms with E-state index in [4.69, 9.17) is 0 Å². The van der Waals surface area contributed by atoms with E-state index in [0.717, 1.165) is 31.9 Å². The van der Waals surface area contributed by atoms with Crippen LogP contribution in [0.15, 0.2) is 24.3 Å². The lowest BCUT2D eigenvalue weighted by atomic mass is 10.2. The number of nitrogens with zero attached hydrogens (tertiary/aromatic N) is 1. The number of amides is 1. The molecule has 1 saturated heterocycles. The SMILES string of the molecule is C[NH+]1CCN(c2ccc(NC(=O)CCC(=O)[O-])cc2)CC1. The number of carboxylic acid groups (broad SMARTS) is 1. The number of carboxylic acids is 1. The lowest BCUT2D eigenvalue weighted by molar-refractivity contribution is -0.880. The summed E-state index contributed by atoms with van der Waals surface area (Å²) in [5.41, 5.74) is 1.83. The highest BCUT2D eigenvalue weighted by atomic mass is 16.4. The second-order valence-electron chi connectivity index (χ2n) is 5.41. The third-order valence-electron chi connectivity index (χ3n) is 3.69. The molecule has 0 aromatic heterocycles. The molecule has 0 bridgehead atoms. The van der Waals surface area contributed by atoms with Crippen molar-refractivity contribution in [2.24, 2.45) is 0 Å². The molecular formula is C15H21N3O3. The molecule has 1 aliphatic rings. The molecule has 0 unspecified atom stereocenters. The third-order valence-corrected chi connectivity index (χ3v) is 3.69. The monoisotopic (exact) mass is 291 g/mol. The molecule has 6 heteroatoms. The van der Waals surface area contributed by atoms with Gasteiger partial charge in [-0.2, -0.15) is 0 Å². The molecule has 0 atom stereocenters. The molecule has 0 radical (unpaired) electrons. The predicted octanol–water partition coefficient (Wildman–Crippen LogP) is -1.51. The van der Waals surface area contributed by atoms with Crippen LogP contribution in [0, 0.1) is 0 Å². The first-order chi connectivity index (χ1) is 10.0. The van der Waals surface area contributed by atoms with E-state index in [9.17, 15) is 14.7 Å². The topological polar surface area (TPSA) is 76.9 Å². The van der Waals surface area contributed by atoms with Gasteiger partial charge < -0.3 is 25.0 Å². The predicted molar refractivity (Wildman–Crippen MR) is 78.1 cm³/mol. The molecule has 1 amide bonds. The molecule has 1 aromatic rings. The van der Waals surface area contributed by atoms with Gasteiger partial charge in [0.15, 0.2) is 0 Å². The lowest BCUT2D eigenvalue weighted by Gasteiger charge is -2.31. The summed E-state index contributed by atoms with van der Waals surface area (Å²) < 4.78 is 0. The summed E-state index contributed by atoms with van der Waals surface area (Å²) in [6.07, 6.45) is -0.321. The summed E-state index contributed by atoms with van der Waals surface area (Å²) in [7, 11) is 2.20. The number of aliphatic carboxylic acids is 1. The molecular weight excluding hydrogens is 270 g/mol. The Morgan fingerprint density at radius 1 is 1.19 bits per heavy atom. The van der Waals surface area contributed by atoms with E-state index in [1.54, 1.807) is 4.90 Å². The zero-order valence-electron chi connectivity index (χ0n) is 12.2. The van der Waals surface area contributed by atoms with Gasteiger partial charge in [-0.3, -0.25) is 4.79 Å². The van der Waals surface area contributed by atoms with Crippen molar-refractivity contribution in [2.45, 2.75) is 12.8 Å². The van der Waals surface area contributed by atoms with Gasteiger partial charge in [-0.05, 0) is 30.7 Å². The number of rotatable bonds is 5. The summed E-state index contributed by atoms with van der Waals surface area (Å²) in [4.78, 5) is 25.7. The van der Waals surface area contributed by atoms with Crippen molar-refractivity contribution in [2.75, 3.05) is 43.4 Å². The van der Waals surface area contributed by atoms with E-state index in [1.165, 1.54) is 0 Å². The van der Waals surface area contributed by atoms with Crippen LogP contribution < -0.4 is 20.2 Å². The van der Waals surface area contributed by atoms with Gasteiger partial charge in [0, 0.05) is 23.8 Å². The summed E-state index contributed by atoms with van der Waals surface area (Å²) in [6, 6.07) is 7.65. The van der Waals surface area contributed by atoms with Crippen LogP contribution in [0.3, 0.4) is 0 Å². The number of carbonyl (C=O) groups excluding carboxylic acids is 2. The van der Waals surface area contributed by atoms with Crippen LogP contribution in [0.2, 0.25) is 0 Å². The van der Waals surface area contributed by atoms with Gasteiger partial charge in [-0.15, -0.1) is 0 Å². The maximum absolute atomic E-state index is 11.5. The van der Waals surface area contributed by atoms with Crippen LogP contribution in [-0.4, -0.2) is 45.1 Å². The molecule has 2 rings (SSSR count). The van der Waals surface area contributed by atoms with Crippen LogP contribution >= 0.6 is 0 Å². The molecule has 0 aliphatic carbocycles. The zero-order chi connectivity index (χ0) is 15.2. The van der Waals surface area contributed by atoms with E-state index in [-0.39, 0.29) is 18.7 Å². The van der Waals surface area contributed by atoms with Crippen molar-refractivity contribution in [1.29, 1.82) is 0 Å². The van der Waals surface area contributed by atoms with Gasteiger partial charge in [0.25, 0.3) is 0 Å². The largest absolute Gasteiger partial charge is 0.550 e. The summed E-state index contributed by atoms with van der Waals surface area (Å²) in [6.45, 7) is 4.32. The number of hydrogen-bond acceptors (Lipinski definition) is 4. The molecule has 1 aliphatic heterocycles. The van der Waals surface area contributed by atoms with E-state index in [2.05, 4.69) is 17.3 Å². The Morgan fingerprint density at radius 2 is 1.81 bits per heavy atom. The van der Waals surface area contributed by atoms with Crippen molar-refractivity contribution in [3.05, 3.63) is 24.3 Å². The van der Waals surface area contributed by atoms with Crippen molar-refractivity contribution < 1.29 is 19.6 Å². The minimum Gasteiger partial charge on any atom is -0.550 e. The average molecular weight is 291 g/mol. The van der Waals surface area contributed by atoms with Crippen molar-refractivity contribution in [3.8, 4) is 0 Å². The highest BCUT2D eigenvalue weighted by Gasteiger charge is 2.16. The van der Waals surface area contributed by atoms with Crippen LogP contribution in [-0.2, 0) is 9.59 Å². The number of quaternary nitrogens is 1. The van der Waals surface area contributed by atoms with E-state index in [0.29, 0.717) is 5.69 Å². The molecule has 1 fully saturated rings. The molecule has 21 heavy (non-hydrogen) atoms.